The summed E-state index contributed by atoms with van der Waals surface area (Å²) < 4.78 is 5.10. The van der Waals surface area contributed by atoms with Gasteiger partial charge in [0.1, 0.15) is 6.17 Å². The molecule has 3 unspecified atom stereocenters. The standard InChI is InChI=1S/C21H28N6O3/c1-11-9-12(14-7-8-22-16-15(14)24-20(29)25-16)5-6-13(11)10-23-17(28)18-26-19(27-30-18)21(2,3)4/h5-6,9,14-16,22H,7-8,10H2,1-4H3,(H,23,28)(H2,24,25,29). The van der Waals surface area contributed by atoms with E-state index >= 15 is 0 Å². The Morgan fingerprint density at radius 2 is 2.10 bits per heavy atom. The SMILES string of the molecule is Cc1cc(C2CCNC3NC(=O)NC32)ccc1CNC(=O)c1nc(C(C)(C)C)no1. The van der Waals surface area contributed by atoms with Crippen molar-refractivity contribution in [2.45, 2.75) is 64.2 Å². The molecule has 0 bridgehead atoms. The molecule has 1 aromatic heterocycles. The molecule has 2 aliphatic rings. The van der Waals surface area contributed by atoms with Gasteiger partial charge in [0.05, 0.1) is 6.04 Å². The number of rotatable bonds is 4. The van der Waals surface area contributed by atoms with Crippen LogP contribution in [0.5, 0.6) is 0 Å². The van der Waals surface area contributed by atoms with Gasteiger partial charge in [-0.1, -0.05) is 44.1 Å². The molecule has 9 nitrogen and oxygen atoms in total. The summed E-state index contributed by atoms with van der Waals surface area (Å²) in [6.07, 6.45) is 0.911. The first kappa shape index (κ1) is 20.3. The molecule has 1 aromatic carbocycles. The van der Waals surface area contributed by atoms with Crippen molar-refractivity contribution in [1.29, 1.82) is 0 Å². The second-order valence-corrected chi connectivity index (χ2v) is 9.01. The number of aromatic nitrogens is 2. The summed E-state index contributed by atoms with van der Waals surface area (Å²) in [6.45, 7) is 9.13. The summed E-state index contributed by atoms with van der Waals surface area (Å²) >= 11 is 0. The third kappa shape index (κ3) is 4.02. The third-order valence-corrected chi connectivity index (χ3v) is 5.72. The molecule has 4 N–H and O–H groups in total. The van der Waals surface area contributed by atoms with Gasteiger partial charge in [-0.25, -0.2) is 4.79 Å². The van der Waals surface area contributed by atoms with Gasteiger partial charge < -0.3 is 20.5 Å². The number of hydrogen-bond acceptors (Lipinski definition) is 6. The summed E-state index contributed by atoms with van der Waals surface area (Å²) in [7, 11) is 0. The zero-order valence-electron chi connectivity index (χ0n) is 17.7. The molecule has 0 aliphatic carbocycles. The van der Waals surface area contributed by atoms with Crippen LogP contribution in [0.4, 0.5) is 4.79 Å². The highest BCUT2D eigenvalue weighted by Crippen LogP contribution is 2.30. The maximum Gasteiger partial charge on any atom is 0.316 e. The molecule has 9 heteroatoms. The number of fused-ring (bicyclic) bond motifs is 1. The van der Waals surface area contributed by atoms with E-state index in [2.05, 4.69) is 43.5 Å². The second-order valence-electron chi connectivity index (χ2n) is 9.01. The highest BCUT2D eigenvalue weighted by Gasteiger charge is 2.40. The third-order valence-electron chi connectivity index (χ3n) is 5.72. The van der Waals surface area contributed by atoms with Crippen LogP contribution in [0.2, 0.25) is 0 Å². The van der Waals surface area contributed by atoms with Crippen LogP contribution in [0.3, 0.4) is 0 Å². The van der Waals surface area contributed by atoms with Crippen molar-refractivity contribution in [3.8, 4) is 0 Å². The molecule has 30 heavy (non-hydrogen) atoms. The van der Waals surface area contributed by atoms with E-state index in [4.69, 9.17) is 4.52 Å². The van der Waals surface area contributed by atoms with Gasteiger partial charge >= 0.3 is 17.8 Å². The number of benzene rings is 1. The summed E-state index contributed by atoms with van der Waals surface area (Å²) in [5, 5.41) is 16.0. The van der Waals surface area contributed by atoms with E-state index in [1.165, 1.54) is 5.56 Å². The number of nitrogens with one attached hydrogen (secondary N) is 4. The Hall–Kier alpha value is -2.94. The molecule has 0 radical (unpaired) electrons. The van der Waals surface area contributed by atoms with Crippen molar-refractivity contribution in [2.75, 3.05) is 6.54 Å². The summed E-state index contributed by atoms with van der Waals surface area (Å²) in [5.41, 5.74) is 3.01. The Morgan fingerprint density at radius 1 is 1.30 bits per heavy atom. The highest BCUT2D eigenvalue weighted by atomic mass is 16.5. The van der Waals surface area contributed by atoms with Crippen LogP contribution in [0.1, 0.15) is 66.3 Å². The first-order valence-electron chi connectivity index (χ1n) is 10.2. The van der Waals surface area contributed by atoms with Crippen LogP contribution in [0, 0.1) is 6.92 Å². The van der Waals surface area contributed by atoms with Gasteiger partial charge in [-0.2, -0.15) is 4.98 Å². The van der Waals surface area contributed by atoms with E-state index in [1.54, 1.807) is 0 Å². The van der Waals surface area contributed by atoms with Crippen LogP contribution in [0.25, 0.3) is 0 Å². The van der Waals surface area contributed by atoms with E-state index in [9.17, 15) is 9.59 Å². The van der Waals surface area contributed by atoms with Crippen molar-refractivity contribution < 1.29 is 14.1 Å². The zero-order valence-corrected chi connectivity index (χ0v) is 17.7. The topological polar surface area (TPSA) is 121 Å². The molecule has 160 valence electrons. The number of amides is 3. The number of hydrogen-bond donors (Lipinski definition) is 4. The fourth-order valence-electron chi connectivity index (χ4n) is 3.99. The van der Waals surface area contributed by atoms with Crippen molar-refractivity contribution in [3.63, 3.8) is 0 Å². The number of carbonyl (C=O) groups is 2. The average molecular weight is 412 g/mol. The lowest BCUT2D eigenvalue weighted by Gasteiger charge is -2.34. The van der Waals surface area contributed by atoms with Gasteiger partial charge in [-0.15, -0.1) is 0 Å². The van der Waals surface area contributed by atoms with E-state index in [-0.39, 0.29) is 41.4 Å². The molecule has 3 amide bonds. The van der Waals surface area contributed by atoms with E-state index in [0.717, 1.165) is 24.1 Å². The lowest BCUT2D eigenvalue weighted by atomic mass is 9.84. The number of piperidine rings is 1. The number of aryl methyl sites for hydroxylation is 1. The van der Waals surface area contributed by atoms with Gasteiger partial charge in [0, 0.05) is 17.9 Å². The van der Waals surface area contributed by atoms with Crippen LogP contribution < -0.4 is 21.3 Å². The lowest BCUT2D eigenvalue weighted by Crippen LogP contribution is -2.53. The summed E-state index contributed by atoms with van der Waals surface area (Å²) in [4.78, 5) is 28.3. The Bertz CT molecular complexity index is 964. The summed E-state index contributed by atoms with van der Waals surface area (Å²) in [6, 6.07) is 6.15. The van der Waals surface area contributed by atoms with Crippen LogP contribution in [-0.4, -0.2) is 40.8 Å². The largest absolute Gasteiger partial charge is 0.344 e. The molecule has 2 aromatic rings. The number of carbonyl (C=O) groups excluding carboxylic acids is 2. The van der Waals surface area contributed by atoms with Gasteiger partial charge in [0.15, 0.2) is 5.82 Å². The van der Waals surface area contributed by atoms with E-state index in [0.29, 0.717) is 12.4 Å². The summed E-state index contributed by atoms with van der Waals surface area (Å²) in [5.74, 6) is 0.329. The molecule has 2 aliphatic heterocycles. The first-order valence-corrected chi connectivity index (χ1v) is 10.2. The minimum absolute atomic E-state index is 0.0283. The molecule has 3 atom stereocenters. The molecule has 0 spiro atoms. The molecule has 2 saturated heterocycles. The smallest absolute Gasteiger partial charge is 0.316 e. The van der Waals surface area contributed by atoms with E-state index < -0.39 is 0 Å². The lowest BCUT2D eigenvalue weighted by molar-refractivity contribution is 0.0907. The van der Waals surface area contributed by atoms with Gasteiger partial charge in [0.2, 0.25) is 0 Å². The zero-order chi connectivity index (χ0) is 21.5. The molecular weight excluding hydrogens is 384 g/mol. The number of urea groups is 1. The fraction of sp³-hybridized carbons (Fsp3) is 0.524. The first-order chi connectivity index (χ1) is 14.2. The van der Waals surface area contributed by atoms with Gasteiger partial charge in [0.25, 0.3) is 0 Å². The normalized spacial score (nSPS) is 23.5. The van der Waals surface area contributed by atoms with Crippen LogP contribution in [-0.2, 0) is 12.0 Å². The maximum atomic E-state index is 12.4. The average Bonchev–Trinajstić information content (AvgIpc) is 3.32. The Kier molecular flexibility index (Phi) is 5.23. The minimum Gasteiger partial charge on any atom is -0.344 e. The predicted molar refractivity (Wildman–Crippen MR) is 110 cm³/mol. The molecule has 4 rings (SSSR count). The Labute approximate surface area is 175 Å². The molecule has 3 heterocycles. The van der Waals surface area contributed by atoms with Crippen LogP contribution in [0.15, 0.2) is 22.7 Å². The fourth-order valence-corrected chi connectivity index (χ4v) is 3.99. The van der Waals surface area contributed by atoms with Crippen molar-refractivity contribution in [1.82, 2.24) is 31.4 Å². The number of nitrogens with zero attached hydrogens (tertiary/aromatic N) is 2. The Balaban J connectivity index is 1.42. The minimum atomic E-state index is -0.387. The van der Waals surface area contributed by atoms with Crippen molar-refractivity contribution in [2.24, 2.45) is 0 Å². The second kappa shape index (κ2) is 7.71. The maximum absolute atomic E-state index is 12.4. The monoisotopic (exact) mass is 412 g/mol. The quantitative estimate of drug-likeness (QED) is 0.606. The predicted octanol–water partition coefficient (Wildman–Crippen LogP) is 1.69. The van der Waals surface area contributed by atoms with E-state index in [1.807, 2.05) is 33.8 Å². The van der Waals surface area contributed by atoms with Crippen molar-refractivity contribution in [3.05, 3.63) is 46.6 Å². The van der Waals surface area contributed by atoms with Crippen molar-refractivity contribution >= 4 is 11.9 Å². The molecule has 2 fully saturated rings. The molecule has 0 saturated carbocycles. The van der Waals surface area contributed by atoms with Gasteiger partial charge in [-0.05, 0) is 36.6 Å². The molecular formula is C21H28N6O3. The Morgan fingerprint density at radius 3 is 2.80 bits per heavy atom. The van der Waals surface area contributed by atoms with Gasteiger partial charge in [-0.3, -0.25) is 10.1 Å². The van der Waals surface area contributed by atoms with Crippen LogP contribution >= 0.6 is 0 Å². The highest BCUT2D eigenvalue weighted by molar-refractivity contribution is 5.89.